The molecular formula is C15H20ClNO4S. The van der Waals surface area contributed by atoms with Crippen LogP contribution < -0.4 is 10.1 Å². The quantitative estimate of drug-likeness (QED) is 0.801. The molecule has 2 rings (SSSR count). The minimum Gasteiger partial charge on any atom is -0.493 e. The topological polar surface area (TPSA) is 72.5 Å². The van der Waals surface area contributed by atoms with Gasteiger partial charge in [-0.15, -0.1) is 0 Å². The van der Waals surface area contributed by atoms with Gasteiger partial charge in [0.15, 0.2) is 9.84 Å². The number of hydrogen-bond donors (Lipinski definition) is 1. The van der Waals surface area contributed by atoms with E-state index in [1.165, 1.54) is 0 Å². The minimum atomic E-state index is -2.96. The van der Waals surface area contributed by atoms with E-state index in [0.717, 1.165) is 11.3 Å². The molecule has 1 N–H and O–H groups in total. The van der Waals surface area contributed by atoms with Crippen molar-refractivity contribution in [3.8, 4) is 5.75 Å². The van der Waals surface area contributed by atoms with E-state index in [1.807, 2.05) is 13.0 Å². The summed E-state index contributed by atoms with van der Waals surface area (Å²) in [4.78, 5) is 11.8. The SMILES string of the molecule is Cc1cc(Cl)ccc1OCCCC(=O)N[C@@H]1CCS(=O)(=O)C1. The fourth-order valence-corrected chi connectivity index (χ4v) is 4.30. The molecule has 1 heterocycles. The zero-order valence-electron chi connectivity index (χ0n) is 12.5. The first-order chi connectivity index (χ1) is 10.4. The van der Waals surface area contributed by atoms with Crippen LogP contribution in [-0.4, -0.2) is 38.5 Å². The molecule has 1 amide bonds. The molecule has 1 aromatic rings. The van der Waals surface area contributed by atoms with Gasteiger partial charge in [-0.1, -0.05) is 11.6 Å². The van der Waals surface area contributed by atoms with Crippen LogP contribution in [0.1, 0.15) is 24.8 Å². The Bertz CT molecular complexity index is 645. The van der Waals surface area contributed by atoms with Crippen molar-refractivity contribution in [1.82, 2.24) is 5.32 Å². The Kier molecular flexibility index (Phi) is 5.69. The van der Waals surface area contributed by atoms with Gasteiger partial charge in [-0.3, -0.25) is 4.79 Å². The number of carbonyl (C=O) groups excluding carboxylic acids is 1. The van der Waals surface area contributed by atoms with Gasteiger partial charge in [0.05, 0.1) is 18.1 Å². The molecule has 1 atom stereocenters. The number of nitrogens with one attached hydrogen (secondary N) is 1. The van der Waals surface area contributed by atoms with Gasteiger partial charge >= 0.3 is 0 Å². The number of ether oxygens (including phenoxy) is 1. The normalized spacial score (nSPS) is 19.8. The predicted octanol–water partition coefficient (Wildman–Crippen LogP) is 2.11. The van der Waals surface area contributed by atoms with E-state index in [-0.39, 0.29) is 23.5 Å². The van der Waals surface area contributed by atoms with Crippen molar-refractivity contribution in [2.45, 2.75) is 32.2 Å². The lowest BCUT2D eigenvalue weighted by molar-refractivity contribution is -0.121. The first-order valence-electron chi connectivity index (χ1n) is 7.24. The fourth-order valence-electron chi connectivity index (χ4n) is 2.40. The molecule has 0 bridgehead atoms. The van der Waals surface area contributed by atoms with Crippen molar-refractivity contribution in [2.24, 2.45) is 0 Å². The highest BCUT2D eigenvalue weighted by Crippen LogP contribution is 2.21. The summed E-state index contributed by atoms with van der Waals surface area (Å²) in [6.45, 7) is 2.34. The second-order valence-corrected chi connectivity index (χ2v) is 8.19. The van der Waals surface area contributed by atoms with Crippen molar-refractivity contribution in [2.75, 3.05) is 18.1 Å². The average molecular weight is 346 g/mol. The molecule has 22 heavy (non-hydrogen) atoms. The Morgan fingerprint density at radius 1 is 1.45 bits per heavy atom. The molecule has 122 valence electrons. The van der Waals surface area contributed by atoms with Crippen molar-refractivity contribution < 1.29 is 17.9 Å². The Hall–Kier alpha value is -1.27. The minimum absolute atomic E-state index is 0.0548. The molecule has 5 nitrogen and oxygen atoms in total. The van der Waals surface area contributed by atoms with E-state index >= 15 is 0 Å². The molecular weight excluding hydrogens is 326 g/mol. The highest BCUT2D eigenvalue weighted by atomic mass is 35.5. The third-order valence-corrected chi connectivity index (χ3v) is 5.54. The molecule has 1 saturated heterocycles. The zero-order valence-corrected chi connectivity index (χ0v) is 14.0. The predicted molar refractivity (Wildman–Crippen MR) is 86.1 cm³/mol. The molecule has 1 aliphatic heterocycles. The van der Waals surface area contributed by atoms with Crippen molar-refractivity contribution in [3.05, 3.63) is 28.8 Å². The number of rotatable bonds is 6. The lowest BCUT2D eigenvalue weighted by Crippen LogP contribution is -2.35. The number of carbonyl (C=O) groups is 1. The van der Waals surface area contributed by atoms with Crippen LogP contribution in [0.3, 0.4) is 0 Å². The number of aryl methyl sites for hydroxylation is 1. The Morgan fingerprint density at radius 2 is 2.23 bits per heavy atom. The number of hydrogen-bond acceptors (Lipinski definition) is 4. The number of amides is 1. The molecule has 0 radical (unpaired) electrons. The van der Waals surface area contributed by atoms with E-state index in [0.29, 0.717) is 30.9 Å². The van der Waals surface area contributed by atoms with Crippen LogP contribution in [-0.2, 0) is 14.6 Å². The summed E-state index contributed by atoms with van der Waals surface area (Å²) in [5, 5.41) is 3.42. The van der Waals surface area contributed by atoms with Gasteiger partial charge in [-0.2, -0.15) is 0 Å². The Morgan fingerprint density at radius 3 is 2.86 bits per heavy atom. The van der Waals surface area contributed by atoms with Crippen molar-refractivity contribution in [1.29, 1.82) is 0 Å². The summed E-state index contributed by atoms with van der Waals surface area (Å²) in [6.07, 6.45) is 1.41. The summed E-state index contributed by atoms with van der Waals surface area (Å²) in [7, 11) is -2.96. The van der Waals surface area contributed by atoms with E-state index in [2.05, 4.69) is 5.32 Å². The second-order valence-electron chi connectivity index (χ2n) is 5.53. The Labute approximate surface area is 135 Å². The monoisotopic (exact) mass is 345 g/mol. The van der Waals surface area contributed by atoms with Gasteiger partial charge in [-0.25, -0.2) is 8.42 Å². The second kappa shape index (κ2) is 7.33. The lowest BCUT2D eigenvalue weighted by atomic mass is 10.2. The van der Waals surface area contributed by atoms with E-state index < -0.39 is 9.84 Å². The average Bonchev–Trinajstić information content (AvgIpc) is 2.76. The van der Waals surface area contributed by atoms with Gasteiger partial charge in [0.1, 0.15) is 5.75 Å². The fraction of sp³-hybridized carbons (Fsp3) is 0.533. The van der Waals surface area contributed by atoms with Crippen LogP contribution in [0.4, 0.5) is 0 Å². The largest absolute Gasteiger partial charge is 0.493 e. The van der Waals surface area contributed by atoms with Crippen molar-refractivity contribution >= 4 is 27.3 Å². The third-order valence-electron chi connectivity index (χ3n) is 3.54. The summed E-state index contributed by atoms with van der Waals surface area (Å²) < 4.78 is 28.2. The van der Waals surface area contributed by atoms with Crippen LogP contribution in [0.25, 0.3) is 0 Å². The molecule has 1 fully saturated rings. The summed E-state index contributed by atoms with van der Waals surface area (Å²) in [5.41, 5.74) is 0.952. The van der Waals surface area contributed by atoms with Crippen LogP contribution in [0, 0.1) is 6.92 Å². The molecule has 1 aromatic carbocycles. The molecule has 0 saturated carbocycles. The third kappa shape index (κ3) is 5.18. The number of halogens is 1. The summed E-state index contributed by atoms with van der Waals surface area (Å²) in [6, 6.07) is 5.15. The van der Waals surface area contributed by atoms with Gasteiger partial charge in [0, 0.05) is 17.5 Å². The van der Waals surface area contributed by atoms with E-state index in [4.69, 9.17) is 16.3 Å². The highest BCUT2D eigenvalue weighted by Gasteiger charge is 2.28. The van der Waals surface area contributed by atoms with Crippen LogP contribution >= 0.6 is 11.6 Å². The molecule has 0 unspecified atom stereocenters. The van der Waals surface area contributed by atoms with Crippen LogP contribution in [0.5, 0.6) is 5.75 Å². The first-order valence-corrected chi connectivity index (χ1v) is 9.44. The molecule has 0 aromatic heterocycles. The van der Waals surface area contributed by atoms with E-state index in [9.17, 15) is 13.2 Å². The summed E-state index contributed by atoms with van der Waals surface area (Å²) >= 11 is 5.87. The van der Waals surface area contributed by atoms with E-state index in [1.54, 1.807) is 12.1 Å². The first kappa shape index (κ1) is 17.1. The smallest absolute Gasteiger partial charge is 0.220 e. The summed E-state index contributed by atoms with van der Waals surface area (Å²) in [5.74, 6) is 0.848. The maximum atomic E-state index is 11.8. The molecule has 1 aliphatic rings. The molecule has 7 heteroatoms. The van der Waals surface area contributed by atoms with Gasteiger partial charge in [0.2, 0.25) is 5.91 Å². The van der Waals surface area contributed by atoms with Crippen LogP contribution in [0.15, 0.2) is 18.2 Å². The highest BCUT2D eigenvalue weighted by molar-refractivity contribution is 7.91. The molecule has 0 spiro atoms. The maximum Gasteiger partial charge on any atom is 0.220 e. The number of sulfone groups is 1. The van der Waals surface area contributed by atoms with Crippen molar-refractivity contribution in [3.63, 3.8) is 0 Å². The maximum absolute atomic E-state index is 11.8. The standard InChI is InChI=1S/C15H20ClNO4S/c1-11-9-12(16)4-5-14(11)21-7-2-3-15(18)17-13-6-8-22(19,20)10-13/h4-5,9,13H,2-3,6-8,10H2,1H3,(H,17,18)/t13-/m1/s1. The van der Waals surface area contributed by atoms with Crippen LogP contribution in [0.2, 0.25) is 5.02 Å². The van der Waals surface area contributed by atoms with Gasteiger partial charge < -0.3 is 10.1 Å². The lowest BCUT2D eigenvalue weighted by Gasteiger charge is -2.12. The molecule has 0 aliphatic carbocycles. The van der Waals surface area contributed by atoms with Gasteiger partial charge in [0.25, 0.3) is 0 Å². The number of benzene rings is 1. The zero-order chi connectivity index (χ0) is 16.2. The Balaban J connectivity index is 1.67. The van der Waals surface area contributed by atoms with Gasteiger partial charge in [-0.05, 0) is 43.5 Å².